The summed E-state index contributed by atoms with van der Waals surface area (Å²) < 4.78 is 2.10. The molecule has 0 radical (unpaired) electrons. The summed E-state index contributed by atoms with van der Waals surface area (Å²) in [6.07, 6.45) is 1.84. The molecule has 1 amide bonds. The van der Waals surface area contributed by atoms with Crippen molar-refractivity contribution in [3.63, 3.8) is 0 Å². The van der Waals surface area contributed by atoms with Crippen LogP contribution >= 0.6 is 0 Å². The lowest BCUT2D eigenvalue weighted by Gasteiger charge is -2.14. The summed E-state index contributed by atoms with van der Waals surface area (Å²) in [7, 11) is 3.62. The third-order valence-corrected chi connectivity index (χ3v) is 4.60. The van der Waals surface area contributed by atoms with Gasteiger partial charge in [-0.15, -0.1) is 6.58 Å². The minimum Gasteiger partial charge on any atom is -0.355 e. The standard InChI is InChI=1S/C21H27N3O2/c1-6-11-24-15(2)12-19(16(24)3)20(25)14-23(5)13-17-7-9-18(10-8-17)21(26)22-4/h6-10,12H,1,11,13-14H2,2-5H3,(H,22,26)/p+1. The Balaban J connectivity index is 2.02. The first kappa shape index (κ1) is 19.7. The molecule has 1 aromatic heterocycles. The zero-order chi connectivity index (χ0) is 19.3. The number of hydrogen-bond acceptors (Lipinski definition) is 2. The van der Waals surface area contributed by atoms with Crippen LogP contribution in [0.25, 0.3) is 0 Å². The summed E-state index contributed by atoms with van der Waals surface area (Å²) in [5, 5.41) is 2.61. The van der Waals surface area contributed by atoms with Gasteiger partial charge in [-0.2, -0.15) is 0 Å². The average Bonchev–Trinajstić information content (AvgIpc) is 2.90. The highest BCUT2D eigenvalue weighted by atomic mass is 16.1. The van der Waals surface area contributed by atoms with Gasteiger partial charge in [0.2, 0.25) is 5.78 Å². The fourth-order valence-electron chi connectivity index (χ4n) is 3.19. The monoisotopic (exact) mass is 354 g/mol. The first-order chi connectivity index (χ1) is 12.4. The Kier molecular flexibility index (Phi) is 6.52. The van der Waals surface area contributed by atoms with E-state index >= 15 is 0 Å². The van der Waals surface area contributed by atoms with Gasteiger partial charge < -0.3 is 14.8 Å². The van der Waals surface area contributed by atoms with E-state index in [2.05, 4.69) is 16.5 Å². The molecule has 0 aliphatic rings. The van der Waals surface area contributed by atoms with E-state index in [-0.39, 0.29) is 11.7 Å². The van der Waals surface area contributed by atoms with Crippen LogP contribution in [0.1, 0.15) is 37.7 Å². The molecule has 0 spiro atoms. The van der Waals surface area contributed by atoms with Crippen molar-refractivity contribution >= 4 is 11.7 Å². The number of nitrogens with one attached hydrogen (secondary N) is 2. The number of quaternary nitrogens is 1. The molecule has 2 aromatic rings. The normalized spacial score (nSPS) is 11.8. The van der Waals surface area contributed by atoms with Crippen LogP contribution in [0.15, 0.2) is 43.0 Å². The smallest absolute Gasteiger partial charge is 0.251 e. The Morgan fingerprint density at radius 2 is 1.88 bits per heavy atom. The second-order valence-corrected chi connectivity index (χ2v) is 6.69. The predicted octanol–water partition coefficient (Wildman–Crippen LogP) is 1.55. The lowest BCUT2D eigenvalue weighted by atomic mass is 10.1. The number of amides is 1. The quantitative estimate of drug-likeness (QED) is 0.558. The van der Waals surface area contributed by atoms with Gasteiger partial charge in [-0.1, -0.05) is 18.2 Å². The minimum atomic E-state index is -0.0951. The Hall–Kier alpha value is -2.66. The van der Waals surface area contributed by atoms with Gasteiger partial charge in [0.15, 0.2) is 0 Å². The van der Waals surface area contributed by atoms with E-state index in [1.807, 2.05) is 57.3 Å². The lowest BCUT2D eigenvalue weighted by Crippen LogP contribution is -3.08. The zero-order valence-corrected chi connectivity index (χ0v) is 16.1. The number of carbonyl (C=O) groups is 2. The highest BCUT2D eigenvalue weighted by molar-refractivity contribution is 5.98. The van der Waals surface area contributed by atoms with Gasteiger partial charge in [-0.25, -0.2) is 0 Å². The number of Topliss-reactive ketones (excluding diaryl/α,β-unsaturated/α-hetero) is 1. The van der Waals surface area contributed by atoms with Gasteiger partial charge in [0.05, 0.1) is 7.05 Å². The van der Waals surface area contributed by atoms with Crippen LogP contribution in [0.2, 0.25) is 0 Å². The maximum atomic E-state index is 12.7. The average molecular weight is 354 g/mol. The van der Waals surface area contributed by atoms with Crippen LogP contribution in [0.3, 0.4) is 0 Å². The van der Waals surface area contributed by atoms with E-state index in [0.717, 1.165) is 34.0 Å². The molecule has 0 aliphatic carbocycles. The van der Waals surface area contributed by atoms with Gasteiger partial charge in [0.1, 0.15) is 13.1 Å². The SMILES string of the molecule is C=CCn1c(C)cc(C(=O)C[NH+](C)Cc2ccc(C(=O)NC)cc2)c1C. The number of hydrogen-bond donors (Lipinski definition) is 2. The predicted molar refractivity (Wildman–Crippen MR) is 104 cm³/mol. The number of likely N-dealkylation sites (N-methyl/N-ethyl adjacent to an activating group) is 1. The number of aryl methyl sites for hydroxylation is 1. The minimum absolute atomic E-state index is 0.0951. The molecule has 5 heteroatoms. The van der Waals surface area contributed by atoms with Crippen molar-refractivity contribution in [1.82, 2.24) is 9.88 Å². The van der Waals surface area contributed by atoms with Crippen molar-refractivity contribution < 1.29 is 14.5 Å². The molecular weight excluding hydrogens is 326 g/mol. The molecule has 1 aromatic carbocycles. The largest absolute Gasteiger partial charge is 0.355 e. The molecule has 5 nitrogen and oxygen atoms in total. The summed E-state index contributed by atoms with van der Waals surface area (Å²) >= 11 is 0. The molecular formula is C21H28N3O2+. The van der Waals surface area contributed by atoms with Crippen LogP contribution in [0.5, 0.6) is 0 Å². The van der Waals surface area contributed by atoms with Crippen molar-refractivity contribution in [2.45, 2.75) is 26.9 Å². The molecule has 2 rings (SSSR count). The van der Waals surface area contributed by atoms with Gasteiger partial charge in [-0.05, 0) is 32.0 Å². The maximum Gasteiger partial charge on any atom is 0.251 e. The van der Waals surface area contributed by atoms with Gasteiger partial charge in [-0.3, -0.25) is 9.59 Å². The van der Waals surface area contributed by atoms with Crippen molar-refractivity contribution in [3.8, 4) is 0 Å². The van der Waals surface area contributed by atoms with Gasteiger partial charge >= 0.3 is 0 Å². The number of rotatable bonds is 8. The van der Waals surface area contributed by atoms with Crippen molar-refractivity contribution in [2.75, 3.05) is 20.6 Å². The Bertz CT molecular complexity index is 803. The molecule has 0 fully saturated rings. The highest BCUT2D eigenvalue weighted by Crippen LogP contribution is 2.15. The Morgan fingerprint density at radius 1 is 1.23 bits per heavy atom. The van der Waals surface area contributed by atoms with Crippen LogP contribution in [0.4, 0.5) is 0 Å². The molecule has 1 heterocycles. The van der Waals surface area contributed by atoms with Gasteiger partial charge in [0.25, 0.3) is 5.91 Å². The first-order valence-electron chi connectivity index (χ1n) is 8.80. The number of carbonyl (C=O) groups excluding carboxylic acids is 2. The van der Waals surface area contributed by atoms with Crippen LogP contribution in [-0.2, 0) is 13.1 Å². The molecule has 0 saturated heterocycles. The number of nitrogens with zero attached hydrogens (tertiary/aromatic N) is 1. The topological polar surface area (TPSA) is 55.5 Å². The molecule has 138 valence electrons. The second-order valence-electron chi connectivity index (χ2n) is 6.69. The number of aromatic nitrogens is 1. The summed E-state index contributed by atoms with van der Waals surface area (Å²) in [5.74, 6) is 0.0511. The Morgan fingerprint density at radius 3 is 2.46 bits per heavy atom. The van der Waals surface area contributed by atoms with E-state index < -0.39 is 0 Å². The Labute approximate surface area is 155 Å². The van der Waals surface area contributed by atoms with Crippen LogP contribution < -0.4 is 10.2 Å². The third kappa shape index (κ3) is 4.49. The summed E-state index contributed by atoms with van der Waals surface area (Å²) in [6, 6.07) is 9.47. The highest BCUT2D eigenvalue weighted by Gasteiger charge is 2.19. The van der Waals surface area contributed by atoms with E-state index in [1.165, 1.54) is 0 Å². The second kappa shape index (κ2) is 8.63. The molecule has 26 heavy (non-hydrogen) atoms. The molecule has 2 N–H and O–H groups in total. The fourth-order valence-corrected chi connectivity index (χ4v) is 3.19. The molecule has 1 atom stereocenters. The zero-order valence-electron chi connectivity index (χ0n) is 16.1. The number of ketones is 1. The van der Waals surface area contributed by atoms with Crippen molar-refractivity contribution in [1.29, 1.82) is 0 Å². The molecule has 0 bridgehead atoms. The number of allylic oxidation sites excluding steroid dienone is 1. The number of benzene rings is 1. The van der Waals surface area contributed by atoms with E-state index in [0.29, 0.717) is 18.7 Å². The van der Waals surface area contributed by atoms with Crippen LogP contribution in [0, 0.1) is 13.8 Å². The van der Waals surface area contributed by atoms with E-state index in [1.54, 1.807) is 7.05 Å². The van der Waals surface area contributed by atoms with E-state index in [4.69, 9.17) is 0 Å². The third-order valence-electron chi connectivity index (χ3n) is 4.60. The van der Waals surface area contributed by atoms with Gasteiger partial charge in [0, 0.05) is 41.7 Å². The van der Waals surface area contributed by atoms with E-state index in [9.17, 15) is 9.59 Å². The summed E-state index contributed by atoms with van der Waals surface area (Å²) in [6.45, 7) is 9.64. The summed E-state index contributed by atoms with van der Waals surface area (Å²) in [5.41, 5.74) is 4.60. The van der Waals surface area contributed by atoms with Crippen molar-refractivity contribution in [3.05, 3.63) is 71.1 Å². The molecule has 0 saturated carbocycles. The summed E-state index contributed by atoms with van der Waals surface area (Å²) in [4.78, 5) is 25.4. The molecule has 1 unspecified atom stereocenters. The fraction of sp³-hybridized carbons (Fsp3) is 0.333. The first-order valence-corrected chi connectivity index (χ1v) is 8.80. The van der Waals surface area contributed by atoms with Crippen molar-refractivity contribution in [2.24, 2.45) is 0 Å². The molecule has 0 aliphatic heterocycles. The van der Waals surface area contributed by atoms with Crippen LogP contribution in [-0.4, -0.2) is 36.9 Å². The maximum absolute atomic E-state index is 12.7. The lowest BCUT2D eigenvalue weighted by molar-refractivity contribution is -0.884.